The molecule has 0 aliphatic heterocycles. The van der Waals surface area contributed by atoms with Crippen LogP contribution in [-0.2, 0) is 4.79 Å². The van der Waals surface area contributed by atoms with Crippen LogP contribution in [0.5, 0.6) is 0 Å². The number of amides is 3. The monoisotopic (exact) mass is 230 g/mol. The summed E-state index contributed by atoms with van der Waals surface area (Å²) in [4.78, 5) is 22.1. The van der Waals surface area contributed by atoms with Gasteiger partial charge in [-0.25, -0.2) is 4.79 Å². The molecule has 1 aliphatic rings. The van der Waals surface area contributed by atoms with Gasteiger partial charge in [0.15, 0.2) is 0 Å². The summed E-state index contributed by atoms with van der Waals surface area (Å²) in [5, 5.41) is 5.01. The Morgan fingerprint density at radius 1 is 1.20 bits per heavy atom. The maximum Gasteiger partial charge on any atom is 0.312 e. The topological polar surface area (TPSA) is 110 Å². The summed E-state index contributed by atoms with van der Waals surface area (Å²) in [6.07, 6.45) is 1.41. The van der Waals surface area contributed by atoms with Crippen molar-refractivity contribution in [3.05, 3.63) is 0 Å². The van der Waals surface area contributed by atoms with Crippen LogP contribution in [-0.4, -0.2) is 30.0 Å². The van der Waals surface area contributed by atoms with Gasteiger partial charge in [0, 0.05) is 13.1 Å². The molecule has 1 saturated carbocycles. The smallest absolute Gasteiger partial charge is 0.312 e. The van der Waals surface area contributed by atoms with Gasteiger partial charge in [0.1, 0.15) is 0 Å². The first-order valence-corrected chi connectivity index (χ1v) is 5.01. The highest BCUT2D eigenvalue weighted by atomic mass is 32.1. The SMILES string of the molecule is NC(=O)NCCNC(=O)C1(C(N)=S)CC1. The normalized spacial score (nSPS) is 16.5. The van der Waals surface area contributed by atoms with E-state index in [1.54, 1.807) is 0 Å². The first kappa shape index (κ1) is 11.7. The number of nitrogens with one attached hydrogen (secondary N) is 2. The Morgan fingerprint density at radius 3 is 2.13 bits per heavy atom. The fraction of sp³-hybridized carbons (Fsp3) is 0.625. The third-order valence-corrected chi connectivity index (χ3v) is 2.76. The molecule has 84 valence electrons. The van der Waals surface area contributed by atoms with Gasteiger partial charge in [0.2, 0.25) is 5.91 Å². The third-order valence-electron chi connectivity index (χ3n) is 2.37. The van der Waals surface area contributed by atoms with Gasteiger partial charge in [-0.1, -0.05) is 12.2 Å². The van der Waals surface area contributed by atoms with Crippen molar-refractivity contribution < 1.29 is 9.59 Å². The second-order valence-electron chi connectivity index (χ2n) is 3.49. The van der Waals surface area contributed by atoms with Crippen LogP contribution in [0.1, 0.15) is 12.8 Å². The van der Waals surface area contributed by atoms with E-state index in [0.29, 0.717) is 25.9 Å². The van der Waals surface area contributed by atoms with E-state index in [2.05, 4.69) is 10.6 Å². The van der Waals surface area contributed by atoms with Gasteiger partial charge in [-0.2, -0.15) is 0 Å². The first-order valence-electron chi connectivity index (χ1n) is 4.60. The van der Waals surface area contributed by atoms with Gasteiger partial charge < -0.3 is 22.1 Å². The van der Waals surface area contributed by atoms with Crippen molar-refractivity contribution in [3.63, 3.8) is 0 Å². The van der Waals surface area contributed by atoms with Crippen LogP contribution in [0.25, 0.3) is 0 Å². The molecule has 0 aromatic rings. The Hall–Kier alpha value is -1.37. The zero-order valence-electron chi connectivity index (χ0n) is 8.21. The molecule has 6 nitrogen and oxygen atoms in total. The molecular weight excluding hydrogens is 216 g/mol. The lowest BCUT2D eigenvalue weighted by molar-refractivity contribution is -0.123. The van der Waals surface area contributed by atoms with Crippen LogP contribution >= 0.6 is 12.2 Å². The molecule has 0 aromatic heterocycles. The van der Waals surface area contributed by atoms with Gasteiger partial charge >= 0.3 is 6.03 Å². The Balaban J connectivity index is 2.25. The molecule has 0 heterocycles. The van der Waals surface area contributed by atoms with Crippen molar-refractivity contribution in [3.8, 4) is 0 Å². The fourth-order valence-electron chi connectivity index (χ4n) is 1.24. The second kappa shape index (κ2) is 4.43. The van der Waals surface area contributed by atoms with Crippen molar-refractivity contribution >= 4 is 29.1 Å². The number of primary amides is 1. The summed E-state index contributed by atoms with van der Waals surface area (Å²) in [6, 6.07) is -0.611. The number of urea groups is 1. The fourth-order valence-corrected chi connectivity index (χ4v) is 1.54. The minimum absolute atomic E-state index is 0.165. The predicted molar refractivity (Wildman–Crippen MR) is 59.0 cm³/mol. The summed E-state index contributed by atoms with van der Waals surface area (Å²) in [6.45, 7) is 0.626. The van der Waals surface area contributed by atoms with E-state index in [9.17, 15) is 9.59 Å². The molecule has 0 spiro atoms. The first-order chi connectivity index (χ1) is 6.99. The second-order valence-corrected chi connectivity index (χ2v) is 3.93. The predicted octanol–water partition coefficient (Wildman–Crippen LogP) is -1.16. The van der Waals surface area contributed by atoms with Crippen molar-refractivity contribution in [1.82, 2.24) is 10.6 Å². The molecule has 0 atom stereocenters. The molecule has 1 aliphatic carbocycles. The summed E-state index contributed by atoms with van der Waals surface area (Å²) in [7, 11) is 0. The third kappa shape index (κ3) is 2.79. The Morgan fingerprint density at radius 2 is 1.73 bits per heavy atom. The molecule has 7 heteroatoms. The maximum absolute atomic E-state index is 11.6. The van der Waals surface area contributed by atoms with E-state index in [-0.39, 0.29) is 10.9 Å². The molecule has 1 fully saturated rings. The molecular formula is C8H14N4O2S. The van der Waals surface area contributed by atoms with E-state index in [0.717, 1.165) is 0 Å². The molecule has 0 aromatic carbocycles. The minimum Gasteiger partial charge on any atom is -0.392 e. The van der Waals surface area contributed by atoms with E-state index in [1.165, 1.54) is 0 Å². The van der Waals surface area contributed by atoms with Crippen LogP contribution in [0.15, 0.2) is 0 Å². The molecule has 0 radical (unpaired) electrons. The highest BCUT2D eigenvalue weighted by molar-refractivity contribution is 7.80. The maximum atomic E-state index is 11.6. The van der Waals surface area contributed by atoms with Crippen LogP contribution < -0.4 is 22.1 Å². The number of nitrogens with two attached hydrogens (primary N) is 2. The molecule has 3 amide bonds. The number of carbonyl (C=O) groups excluding carboxylic acids is 2. The Labute approximate surface area is 92.7 Å². The van der Waals surface area contributed by atoms with Crippen LogP contribution in [0.3, 0.4) is 0 Å². The lowest BCUT2D eigenvalue weighted by Crippen LogP contribution is -2.43. The number of hydrogen-bond acceptors (Lipinski definition) is 3. The van der Waals surface area contributed by atoms with E-state index >= 15 is 0 Å². The van der Waals surface area contributed by atoms with Crippen LogP contribution in [0.4, 0.5) is 4.79 Å². The Kier molecular flexibility index (Phi) is 3.46. The van der Waals surface area contributed by atoms with E-state index in [1.807, 2.05) is 0 Å². The molecule has 0 saturated heterocycles. The lowest BCUT2D eigenvalue weighted by atomic mass is 10.1. The number of thiocarbonyl (C=S) groups is 1. The van der Waals surface area contributed by atoms with Crippen molar-refractivity contribution in [2.45, 2.75) is 12.8 Å². The van der Waals surface area contributed by atoms with Crippen molar-refractivity contribution in [2.75, 3.05) is 13.1 Å². The minimum atomic E-state index is -0.637. The van der Waals surface area contributed by atoms with Crippen LogP contribution in [0.2, 0.25) is 0 Å². The average molecular weight is 230 g/mol. The lowest BCUT2D eigenvalue weighted by Gasteiger charge is -2.13. The van der Waals surface area contributed by atoms with E-state index < -0.39 is 11.4 Å². The standard InChI is InChI=1S/C8H14N4O2S/c9-5(15)8(1-2-8)6(13)11-3-4-12-7(10)14/h1-4H2,(H2,9,15)(H,11,13)(H3,10,12,14). The molecule has 6 N–H and O–H groups in total. The highest BCUT2D eigenvalue weighted by Gasteiger charge is 2.52. The Bertz CT molecular complexity index is 301. The van der Waals surface area contributed by atoms with Crippen molar-refractivity contribution in [2.24, 2.45) is 16.9 Å². The zero-order valence-corrected chi connectivity index (χ0v) is 9.02. The highest BCUT2D eigenvalue weighted by Crippen LogP contribution is 2.46. The van der Waals surface area contributed by atoms with Gasteiger partial charge in [0.05, 0.1) is 10.4 Å². The van der Waals surface area contributed by atoms with Gasteiger partial charge in [-0.3, -0.25) is 4.79 Å². The largest absolute Gasteiger partial charge is 0.392 e. The summed E-state index contributed by atoms with van der Waals surface area (Å²) in [5.41, 5.74) is 9.68. The summed E-state index contributed by atoms with van der Waals surface area (Å²) >= 11 is 4.82. The van der Waals surface area contributed by atoms with Gasteiger partial charge in [-0.05, 0) is 12.8 Å². The number of carbonyl (C=O) groups is 2. The molecule has 15 heavy (non-hydrogen) atoms. The molecule has 0 unspecified atom stereocenters. The summed E-state index contributed by atoms with van der Waals surface area (Å²) in [5.74, 6) is -0.165. The zero-order chi connectivity index (χ0) is 11.5. The molecule has 0 bridgehead atoms. The average Bonchev–Trinajstić information content (AvgIpc) is 2.92. The number of rotatable bonds is 5. The van der Waals surface area contributed by atoms with Crippen LogP contribution in [0, 0.1) is 5.41 Å². The molecule has 1 rings (SSSR count). The van der Waals surface area contributed by atoms with E-state index in [4.69, 9.17) is 23.7 Å². The van der Waals surface area contributed by atoms with Gasteiger partial charge in [0.25, 0.3) is 0 Å². The van der Waals surface area contributed by atoms with Crippen molar-refractivity contribution in [1.29, 1.82) is 0 Å². The summed E-state index contributed by atoms with van der Waals surface area (Å²) < 4.78 is 0. The number of hydrogen-bond donors (Lipinski definition) is 4. The quantitative estimate of drug-likeness (QED) is 0.352. The van der Waals surface area contributed by atoms with Gasteiger partial charge in [-0.15, -0.1) is 0 Å².